The first-order valence-corrected chi connectivity index (χ1v) is 19.2. The summed E-state index contributed by atoms with van der Waals surface area (Å²) in [4.78, 5) is 23.8. The Kier molecular flexibility index (Phi) is 33.8. The summed E-state index contributed by atoms with van der Waals surface area (Å²) < 4.78 is 10.3. The van der Waals surface area contributed by atoms with E-state index in [0.717, 1.165) is 25.7 Å². The predicted molar refractivity (Wildman–Crippen MR) is 184 cm³/mol. The Labute approximate surface area is 272 Å². The van der Waals surface area contributed by atoms with Crippen molar-refractivity contribution in [1.82, 2.24) is 0 Å². The smallest absolute Gasteiger partial charge is 0.305 e. The van der Waals surface area contributed by atoms with Gasteiger partial charge in [-0.3, -0.25) is 9.59 Å². The van der Waals surface area contributed by atoms with Crippen molar-refractivity contribution >= 4 is 11.9 Å². The highest BCUT2D eigenvalue weighted by molar-refractivity contribution is 5.70. The van der Waals surface area contributed by atoms with Gasteiger partial charge in [-0.05, 0) is 38.5 Å². The number of aliphatic hydroxyl groups is 2. The number of hydrogen-bond donors (Lipinski definition) is 2. The van der Waals surface area contributed by atoms with E-state index >= 15 is 0 Å². The van der Waals surface area contributed by atoms with Crippen LogP contribution in [0.4, 0.5) is 0 Å². The molecule has 0 aromatic rings. The molecule has 0 aromatic carbocycles. The van der Waals surface area contributed by atoms with Crippen LogP contribution in [0.15, 0.2) is 0 Å². The van der Waals surface area contributed by atoms with Crippen LogP contribution in [0, 0.1) is 0 Å². The molecule has 0 saturated carbocycles. The summed E-state index contributed by atoms with van der Waals surface area (Å²) >= 11 is 0. The van der Waals surface area contributed by atoms with Gasteiger partial charge in [-0.2, -0.15) is 0 Å². The third-order valence-corrected chi connectivity index (χ3v) is 8.73. The zero-order chi connectivity index (χ0) is 32.4. The van der Waals surface area contributed by atoms with Gasteiger partial charge >= 0.3 is 11.9 Å². The van der Waals surface area contributed by atoms with E-state index in [1.807, 2.05) is 0 Å². The maximum atomic E-state index is 11.9. The van der Waals surface area contributed by atoms with Crippen molar-refractivity contribution < 1.29 is 29.3 Å². The number of carbonyl (C=O) groups is 2. The lowest BCUT2D eigenvalue weighted by Crippen LogP contribution is -2.15. The maximum Gasteiger partial charge on any atom is 0.305 e. The van der Waals surface area contributed by atoms with Gasteiger partial charge in [-0.15, -0.1) is 0 Å². The van der Waals surface area contributed by atoms with Gasteiger partial charge in [-0.25, -0.2) is 0 Å². The SMILES string of the molecule is CCCCCCCCCCCCCC(O)CCCC(=O)OCCOC(=O)CCCC(O)CCCCCCCCCCCCC. The van der Waals surface area contributed by atoms with E-state index in [0.29, 0.717) is 25.7 Å². The second-order valence-electron chi connectivity index (χ2n) is 13.2. The monoisotopic (exact) mass is 627 g/mol. The lowest BCUT2D eigenvalue weighted by atomic mass is 10.0. The highest BCUT2D eigenvalue weighted by Gasteiger charge is 2.10. The standard InChI is InChI=1S/C38H74O6/c1-3-5-7-9-11-13-15-17-19-21-23-27-35(39)29-25-31-37(41)43-33-34-44-38(42)32-26-30-36(40)28-24-22-20-18-16-14-12-10-8-6-4-2/h35-36,39-40H,3-34H2,1-2H3. The highest BCUT2D eigenvalue weighted by Crippen LogP contribution is 2.16. The molecule has 44 heavy (non-hydrogen) atoms. The Morgan fingerprint density at radius 2 is 0.659 bits per heavy atom. The van der Waals surface area contributed by atoms with Crippen molar-refractivity contribution in [3.8, 4) is 0 Å². The molecule has 262 valence electrons. The Bertz CT molecular complexity index is 558. The molecule has 0 fully saturated rings. The Morgan fingerprint density at radius 3 is 0.955 bits per heavy atom. The van der Waals surface area contributed by atoms with Crippen LogP contribution in [0.1, 0.15) is 206 Å². The molecule has 0 aliphatic heterocycles. The van der Waals surface area contributed by atoms with E-state index in [2.05, 4.69) is 13.8 Å². The average molecular weight is 627 g/mol. The molecule has 0 radical (unpaired) electrons. The van der Waals surface area contributed by atoms with Crippen molar-refractivity contribution in [1.29, 1.82) is 0 Å². The molecule has 6 heteroatoms. The molecule has 0 aliphatic rings. The molecule has 0 aromatic heterocycles. The summed E-state index contributed by atoms with van der Waals surface area (Å²) in [6.07, 6.45) is 32.5. The zero-order valence-electron chi connectivity index (χ0n) is 29.3. The second kappa shape index (κ2) is 34.7. The molecule has 0 aliphatic carbocycles. The summed E-state index contributed by atoms with van der Waals surface area (Å²) in [6, 6.07) is 0. The van der Waals surface area contributed by atoms with E-state index in [4.69, 9.17) is 9.47 Å². The van der Waals surface area contributed by atoms with Gasteiger partial charge in [0, 0.05) is 12.8 Å². The average Bonchev–Trinajstić information content (AvgIpc) is 3.00. The van der Waals surface area contributed by atoms with Crippen LogP contribution in [-0.4, -0.2) is 47.6 Å². The quantitative estimate of drug-likeness (QED) is 0.0537. The van der Waals surface area contributed by atoms with Crippen molar-refractivity contribution in [3.63, 3.8) is 0 Å². The van der Waals surface area contributed by atoms with Crippen molar-refractivity contribution in [2.24, 2.45) is 0 Å². The number of ether oxygens (including phenoxy) is 2. The highest BCUT2D eigenvalue weighted by atomic mass is 16.6. The Morgan fingerprint density at radius 1 is 0.409 bits per heavy atom. The fourth-order valence-corrected chi connectivity index (χ4v) is 5.80. The van der Waals surface area contributed by atoms with Crippen LogP contribution < -0.4 is 0 Å². The molecule has 0 rings (SSSR count). The van der Waals surface area contributed by atoms with Crippen LogP contribution in [0.5, 0.6) is 0 Å². The van der Waals surface area contributed by atoms with Crippen molar-refractivity contribution in [2.45, 2.75) is 219 Å². The summed E-state index contributed by atoms with van der Waals surface area (Å²) in [5.41, 5.74) is 0. The fraction of sp³-hybridized carbons (Fsp3) is 0.947. The molecule has 0 spiro atoms. The van der Waals surface area contributed by atoms with Gasteiger partial charge in [0.2, 0.25) is 0 Å². The third-order valence-electron chi connectivity index (χ3n) is 8.73. The lowest BCUT2D eigenvalue weighted by Gasteiger charge is -2.11. The first-order chi connectivity index (χ1) is 21.5. The number of hydrogen-bond acceptors (Lipinski definition) is 6. The van der Waals surface area contributed by atoms with Crippen molar-refractivity contribution in [2.75, 3.05) is 13.2 Å². The first-order valence-electron chi connectivity index (χ1n) is 19.2. The van der Waals surface area contributed by atoms with Crippen LogP contribution in [0.2, 0.25) is 0 Å². The van der Waals surface area contributed by atoms with Gasteiger partial charge in [0.05, 0.1) is 12.2 Å². The third kappa shape index (κ3) is 33.7. The summed E-state index contributed by atoms with van der Waals surface area (Å²) in [7, 11) is 0. The van der Waals surface area contributed by atoms with E-state index in [1.54, 1.807) is 0 Å². The normalized spacial score (nSPS) is 12.7. The molecule has 0 heterocycles. The minimum absolute atomic E-state index is 0.0628. The molecular weight excluding hydrogens is 552 g/mol. The number of esters is 2. The van der Waals surface area contributed by atoms with Crippen LogP contribution in [-0.2, 0) is 19.1 Å². The molecule has 2 atom stereocenters. The zero-order valence-corrected chi connectivity index (χ0v) is 29.3. The van der Waals surface area contributed by atoms with Crippen LogP contribution >= 0.6 is 0 Å². The molecule has 0 saturated heterocycles. The molecule has 6 nitrogen and oxygen atoms in total. The van der Waals surface area contributed by atoms with Gasteiger partial charge in [0.25, 0.3) is 0 Å². The topological polar surface area (TPSA) is 93.1 Å². The summed E-state index contributed by atoms with van der Waals surface area (Å²) in [5, 5.41) is 20.4. The van der Waals surface area contributed by atoms with Gasteiger partial charge in [-0.1, -0.05) is 155 Å². The van der Waals surface area contributed by atoms with E-state index in [-0.39, 0.29) is 50.2 Å². The van der Waals surface area contributed by atoms with E-state index in [1.165, 1.54) is 128 Å². The van der Waals surface area contributed by atoms with Crippen LogP contribution in [0.3, 0.4) is 0 Å². The summed E-state index contributed by atoms with van der Waals surface area (Å²) in [6.45, 7) is 4.64. The Hall–Kier alpha value is -1.14. The lowest BCUT2D eigenvalue weighted by molar-refractivity contribution is -0.152. The van der Waals surface area contributed by atoms with Gasteiger partial charge in [0.15, 0.2) is 0 Å². The fourth-order valence-electron chi connectivity index (χ4n) is 5.80. The molecular formula is C38H74O6. The second-order valence-corrected chi connectivity index (χ2v) is 13.2. The summed E-state index contributed by atoms with van der Waals surface area (Å²) in [5.74, 6) is -0.623. The number of carbonyl (C=O) groups excluding carboxylic acids is 2. The predicted octanol–water partition coefficient (Wildman–Crippen LogP) is 10.5. The number of unbranched alkanes of at least 4 members (excludes halogenated alkanes) is 20. The molecule has 0 bridgehead atoms. The Balaban J connectivity index is 3.46. The van der Waals surface area contributed by atoms with E-state index < -0.39 is 0 Å². The number of aliphatic hydroxyl groups excluding tert-OH is 2. The minimum atomic E-state index is -0.347. The van der Waals surface area contributed by atoms with Gasteiger partial charge < -0.3 is 19.7 Å². The first kappa shape index (κ1) is 42.9. The maximum absolute atomic E-state index is 11.9. The number of rotatable bonds is 35. The minimum Gasteiger partial charge on any atom is -0.462 e. The molecule has 2 N–H and O–H groups in total. The molecule has 0 amide bonds. The van der Waals surface area contributed by atoms with Crippen LogP contribution in [0.25, 0.3) is 0 Å². The van der Waals surface area contributed by atoms with Gasteiger partial charge in [0.1, 0.15) is 13.2 Å². The largest absolute Gasteiger partial charge is 0.462 e. The van der Waals surface area contributed by atoms with Crippen molar-refractivity contribution in [3.05, 3.63) is 0 Å². The molecule has 2 unspecified atom stereocenters. The van der Waals surface area contributed by atoms with E-state index in [9.17, 15) is 19.8 Å².